The van der Waals surface area contributed by atoms with Crippen LogP contribution >= 0.6 is 11.3 Å². The van der Waals surface area contributed by atoms with Crippen molar-refractivity contribution >= 4 is 17.4 Å². The minimum Gasteiger partial charge on any atom is -0.472 e. The normalized spacial score (nSPS) is 15.8. The molecule has 0 spiro atoms. The van der Waals surface area contributed by atoms with Gasteiger partial charge in [-0.1, -0.05) is 31.7 Å². The minimum atomic E-state index is 0.0552. The third kappa shape index (κ3) is 5.13. The van der Waals surface area contributed by atoms with Gasteiger partial charge in [0.2, 0.25) is 0 Å². The quantitative estimate of drug-likeness (QED) is 0.762. The summed E-state index contributed by atoms with van der Waals surface area (Å²) in [7, 11) is 0. The molecule has 0 aliphatic heterocycles. The summed E-state index contributed by atoms with van der Waals surface area (Å²) >= 11 is 1.75. The second-order valence-electron chi connectivity index (χ2n) is 6.52. The molecule has 0 unspecified atom stereocenters. The first kappa shape index (κ1) is 17.1. The molecule has 0 radical (unpaired) electrons. The molecule has 2 aromatic rings. The van der Waals surface area contributed by atoms with E-state index in [1.807, 2.05) is 11.0 Å². The fourth-order valence-corrected chi connectivity index (χ4v) is 3.94. The zero-order valence-corrected chi connectivity index (χ0v) is 14.9. The van der Waals surface area contributed by atoms with Crippen molar-refractivity contribution in [1.29, 1.82) is 0 Å². The Bertz CT molecular complexity index is 587. The molecule has 2 aromatic heterocycles. The van der Waals surface area contributed by atoms with Gasteiger partial charge in [-0.3, -0.25) is 0 Å². The summed E-state index contributed by atoms with van der Waals surface area (Å²) in [6, 6.07) is 6.50. The maximum atomic E-state index is 12.8. The third-order valence-electron chi connectivity index (χ3n) is 4.63. The number of urea groups is 1. The predicted molar refractivity (Wildman–Crippen MR) is 97.2 cm³/mol. The number of hydrogen-bond acceptors (Lipinski definition) is 3. The smallest absolute Gasteiger partial charge is 0.317 e. The van der Waals surface area contributed by atoms with Crippen molar-refractivity contribution in [2.75, 3.05) is 6.54 Å². The summed E-state index contributed by atoms with van der Waals surface area (Å²) in [6.07, 6.45) is 11.5. The Balaban J connectivity index is 1.59. The van der Waals surface area contributed by atoms with E-state index < -0.39 is 0 Å². The molecule has 1 aliphatic carbocycles. The van der Waals surface area contributed by atoms with Crippen LogP contribution in [0, 0.1) is 0 Å². The van der Waals surface area contributed by atoms with Gasteiger partial charge in [-0.2, -0.15) is 0 Å². The van der Waals surface area contributed by atoms with Gasteiger partial charge in [0, 0.05) is 23.0 Å². The Morgan fingerprint density at radius 1 is 1.25 bits per heavy atom. The molecule has 0 bridgehead atoms. The van der Waals surface area contributed by atoms with Gasteiger partial charge in [0.1, 0.15) is 0 Å². The van der Waals surface area contributed by atoms with Gasteiger partial charge in [0.25, 0.3) is 0 Å². The molecule has 1 saturated carbocycles. The lowest BCUT2D eigenvalue weighted by Crippen LogP contribution is -2.45. The fourth-order valence-electron chi connectivity index (χ4n) is 3.25. The van der Waals surface area contributed by atoms with Gasteiger partial charge >= 0.3 is 6.03 Å². The fraction of sp³-hybridized carbons (Fsp3) is 0.526. The molecule has 3 rings (SSSR count). The van der Waals surface area contributed by atoms with Crippen molar-refractivity contribution in [2.45, 2.75) is 57.5 Å². The first-order valence-electron chi connectivity index (χ1n) is 8.90. The highest BCUT2D eigenvalue weighted by atomic mass is 32.1. The summed E-state index contributed by atoms with van der Waals surface area (Å²) in [5.74, 6) is 0. The number of hydrogen-bond donors (Lipinski definition) is 1. The number of carbonyl (C=O) groups excluding carboxylic acids is 1. The zero-order valence-electron chi connectivity index (χ0n) is 14.1. The van der Waals surface area contributed by atoms with Crippen LogP contribution in [0.4, 0.5) is 4.79 Å². The van der Waals surface area contributed by atoms with Crippen LogP contribution in [0.1, 0.15) is 49.0 Å². The molecular weight excluding hydrogens is 320 g/mol. The van der Waals surface area contributed by atoms with Crippen LogP contribution in [0.15, 0.2) is 40.5 Å². The largest absolute Gasteiger partial charge is 0.472 e. The molecular formula is C19H26N2O2S. The number of carbonyl (C=O) groups is 1. The average molecular weight is 346 g/mol. The lowest BCUT2D eigenvalue weighted by Gasteiger charge is -2.26. The SMILES string of the molecule is O=C(NC1CCCCCC1)N(CCc1cccs1)Cc1ccoc1. The molecule has 130 valence electrons. The van der Waals surface area contributed by atoms with E-state index in [0.29, 0.717) is 12.6 Å². The first-order chi connectivity index (χ1) is 11.8. The van der Waals surface area contributed by atoms with Gasteiger partial charge in [-0.15, -0.1) is 11.3 Å². The van der Waals surface area contributed by atoms with E-state index in [1.165, 1.54) is 30.6 Å². The summed E-state index contributed by atoms with van der Waals surface area (Å²) in [6.45, 7) is 1.32. The minimum absolute atomic E-state index is 0.0552. The Kier molecular flexibility index (Phi) is 6.35. The lowest BCUT2D eigenvalue weighted by molar-refractivity contribution is 0.190. The van der Waals surface area contributed by atoms with E-state index in [9.17, 15) is 4.79 Å². The Morgan fingerprint density at radius 3 is 2.75 bits per heavy atom. The maximum absolute atomic E-state index is 12.8. The number of thiophene rings is 1. The van der Waals surface area contributed by atoms with Gasteiger partial charge in [-0.25, -0.2) is 4.79 Å². The summed E-state index contributed by atoms with van der Waals surface area (Å²) < 4.78 is 5.16. The lowest BCUT2D eigenvalue weighted by atomic mass is 10.1. The van der Waals surface area contributed by atoms with Crippen LogP contribution in [0.5, 0.6) is 0 Å². The summed E-state index contributed by atoms with van der Waals surface area (Å²) in [5.41, 5.74) is 1.04. The summed E-state index contributed by atoms with van der Waals surface area (Å²) in [4.78, 5) is 16.0. The maximum Gasteiger partial charge on any atom is 0.317 e. The number of furan rings is 1. The number of nitrogens with one attached hydrogen (secondary N) is 1. The summed E-state index contributed by atoms with van der Waals surface area (Å²) in [5, 5.41) is 5.35. The highest BCUT2D eigenvalue weighted by Gasteiger charge is 2.20. The van der Waals surface area contributed by atoms with Crippen LogP contribution in [-0.4, -0.2) is 23.5 Å². The van der Waals surface area contributed by atoms with E-state index >= 15 is 0 Å². The average Bonchev–Trinajstić information content (AvgIpc) is 3.22. The van der Waals surface area contributed by atoms with Crippen molar-refractivity contribution < 1.29 is 9.21 Å². The predicted octanol–water partition coefficient (Wildman–Crippen LogP) is 4.82. The van der Waals surface area contributed by atoms with E-state index in [2.05, 4.69) is 22.8 Å². The first-order valence-corrected chi connectivity index (χ1v) is 9.78. The van der Waals surface area contributed by atoms with Crippen molar-refractivity contribution in [3.8, 4) is 0 Å². The Morgan fingerprint density at radius 2 is 2.08 bits per heavy atom. The third-order valence-corrected chi connectivity index (χ3v) is 5.57. The highest BCUT2D eigenvalue weighted by molar-refractivity contribution is 7.09. The van der Waals surface area contributed by atoms with E-state index in [0.717, 1.165) is 31.4 Å². The van der Waals surface area contributed by atoms with E-state index in [-0.39, 0.29) is 6.03 Å². The molecule has 5 heteroatoms. The van der Waals surface area contributed by atoms with Gasteiger partial charge < -0.3 is 14.6 Å². The van der Waals surface area contributed by atoms with Crippen LogP contribution in [0.25, 0.3) is 0 Å². The molecule has 1 fully saturated rings. The van der Waals surface area contributed by atoms with Crippen molar-refractivity contribution in [1.82, 2.24) is 10.2 Å². The topological polar surface area (TPSA) is 45.5 Å². The molecule has 0 atom stereocenters. The molecule has 0 aromatic carbocycles. The molecule has 0 saturated heterocycles. The van der Waals surface area contributed by atoms with E-state index in [4.69, 9.17) is 4.42 Å². The molecule has 2 heterocycles. The molecule has 2 amide bonds. The van der Waals surface area contributed by atoms with Gasteiger partial charge in [0.15, 0.2) is 0 Å². The van der Waals surface area contributed by atoms with Crippen LogP contribution < -0.4 is 5.32 Å². The van der Waals surface area contributed by atoms with Crippen LogP contribution in [-0.2, 0) is 13.0 Å². The van der Waals surface area contributed by atoms with Crippen molar-refractivity contribution in [2.24, 2.45) is 0 Å². The van der Waals surface area contributed by atoms with Crippen molar-refractivity contribution in [3.63, 3.8) is 0 Å². The van der Waals surface area contributed by atoms with Gasteiger partial charge in [0.05, 0.1) is 19.1 Å². The molecule has 24 heavy (non-hydrogen) atoms. The van der Waals surface area contributed by atoms with Crippen molar-refractivity contribution in [3.05, 3.63) is 46.5 Å². The monoisotopic (exact) mass is 346 g/mol. The molecule has 1 N–H and O–H groups in total. The van der Waals surface area contributed by atoms with Crippen LogP contribution in [0.2, 0.25) is 0 Å². The van der Waals surface area contributed by atoms with Crippen LogP contribution in [0.3, 0.4) is 0 Å². The molecule has 4 nitrogen and oxygen atoms in total. The van der Waals surface area contributed by atoms with E-state index in [1.54, 1.807) is 23.9 Å². The second-order valence-corrected chi connectivity index (χ2v) is 7.55. The Labute approximate surface area is 147 Å². The second kappa shape index (κ2) is 8.92. The zero-order chi connectivity index (χ0) is 16.6. The Hall–Kier alpha value is -1.75. The molecule has 1 aliphatic rings. The number of nitrogens with zero attached hydrogens (tertiary/aromatic N) is 1. The highest BCUT2D eigenvalue weighted by Crippen LogP contribution is 2.18. The number of amides is 2. The standard InChI is InChI=1S/C19H26N2O2S/c22-19(20-17-6-3-1-2-4-7-17)21(14-16-10-12-23-15-16)11-9-18-8-5-13-24-18/h5,8,10,12-13,15,17H,1-4,6-7,9,11,14H2,(H,20,22). The number of rotatable bonds is 6. The van der Waals surface area contributed by atoms with Gasteiger partial charge in [-0.05, 0) is 36.8 Å².